The second-order valence-electron chi connectivity index (χ2n) is 5.99. The van der Waals surface area contributed by atoms with Crippen LogP contribution < -0.4 is 5.32 Å². The third-order valence-corrected chi connectivity index (χ3v) is 3.51. The van der Waals surface area contributed by atoms with E-state index < -0.39 is 0 Å². The lowest BCUT2D eigenvalue weighted by Gasteiger charge is -2.14. The van der Waals surface area contributed by atoms with E-state index in [1.54, 1.807) is 0 Å². The Morgan fingerprint density at radius 3 is 2.95 bits per heavy atom. The SMILES string of the molecule is CC(C)CCCOCC(O)CNCCC1CCOC1. The van der Waals surface area contributed by atoms with Gasteiger partial charge in [-0.05, 0) is 44.1 Å². The molecule has 1 rings (SSSR count). The quantitative estimate of drug-likeness (QED) is 0.564. The summed E-state index contributed by atoms with van der Waals surface area (Å²) in [5.74, 6) is 1.44. The van der Waals surface area contributed by atoms with Crippen LogP contribution >= 0.6 is 0 Å². The lowest BCUT2D eigenvalue weighted by molar-refractivity contribution is 0.0347. The zero-order valence-electron chi connectivity index (χ0n) is 12.6. The number of hydrogen-bond acceptors (Lipinski definition) is 4. The molecule has 2 unspecified atom stereocenters. The van der Waals surface area contributed by atoms with Gasteiger partial charge in [0.05, 0.1) is 12.7 Å². The molecule has 0 spiro atoms. The molecule has 0 aliphatic carbocycles. The van der Waals surface area contributed by atoms with Crippen molar-refractivity contribution < 1.29 is 14.6 Å². The van der Waals surface area contributed by atoms with Crippen molar-refractivity contribution >= 4 is 0 Å². The molecular weight excluding hydrogens is 242 g/mol. The largest absolute Gasteiger partial charge is 0.389 e. The first kappa shape index (κ1) is 16.9. The summed E-state index contributed by atoms with van der Waals surface area (Å²) in [6.07, 6.45) is 4.21. The van der Waals surface area contributed by atoms with Gasteiger partial charge >= 0.3 is 0 Å². The molecule has 0 saturated carbocycles. The summed E-state index contributed by atoms with van der Waals surface area (Å²) >= 11 is 0. The van der Waals surface area contributed by atoms with E-state index >= 15 is 0 Å². The number of hydrogen-bond donors (Lipinski definition) is 2. The van der Waals surface area contributed by atoms with Crippen molar-refractivity contribution in [1.82, 2.24) is 5.32 Å². The Kier molecular flexibility index (Phi) is 9.43. The molecule has 2 N–H and O–H groups in total. The zero-order chi connectivity index (χ0) is 13.9. The van der Waals surface area contributed by atoms with Gasteiger partial charge in [-0.1, -0.05) is 13.8 Å². The number of aliphatic hydroxyl groups excluding tert-OH is 1. The van der Waals surface area contributed by atoms with Gasteiger partial charge in [0.25, 0.3) is 0 Å². The molecule has 1 aliphatic rings. The second-order valence-corrected chi connectivity index (χ2v) is 5.99. The monoisotopic (exact) mass is 273 g/mol. The summed E-state index contributed by atoms with van der Waals surface area (Å²) in [7, 11) is 0. The van der Waals surface area contributed by atoms with Gasteiger partial charge in [-0.25, -0.2) is 0 Å². The molecule has 1 saturated heterocycles. The summed E-state index contributed by atoms with van der Waals surface area (Å²) in [6, 6.07) is 0. The van der Waals surface area contributed by atoms with Crippen molar-refractivity contribution in [3.63, 3.8) is 0 Å². The van der Waals surface area contributed by atoms with Crippen LogP contribution in [0.4, 0.5) is 0 Å². The maximum Gasteiger partial charge on any atom is 0.0897 e. The third kappa shape index (κ3) is 9.38. The molecule has 2 atom stereocenters. The van der Waals surface area contributed by atoms with Crippen molar-refractivity contribution in [2.45, 2.75) is 45.6 Å². The van der Waals surface area contributed by atoms with Crippen LogP contribution in [0.3, 0.4) is 0 Å². The summed E-state index contributed by atoms with van der Waals surface area (Å²) in [5.41, 5.74) is 0. The number of aliphatic hydroxyl groups is 1. The van der Waals surface area contributed by atoms with E-state index in [9.17, 15) is 5.11 Å². The first-order valence-electron chi connectivity index (χ1n) is 7.72. The lowest BCUT2D eigenvalue weighted by Crippen LogP contribution is -2.31. The molecule has 1 fully saturated rings. The Morgan fingerprint density at radius 2 is 2.26 bits per heavy atom. The average molecular weight is 273 g/mol. The Morgan fingerprint density at radius 1 is 1.42 bits per heavy atom. The van der Waals surface area contributed by atoms with Crippen LogP contribution in [-0.4, -0.2) is 50.7 Å². The molecule has 1 aliphatic heterocycles. The van der Waals surface area contributed by atoms with Crippen LogP contribution in [0.1, 0.15) is 39.5 Å². The molecule has 4 heteroatoms. The minimum Gasteiger partial charge on any atom is -0.389 e. The predicted octanol–water partition coefficient (Wildman–Crippen LogP) is 1.82. The van der Waals surface area contributed by atoms with Crippen LogP contribution in [0.5, 0.6) is 0 Å². The Labute approximate surface area is 117 Å². The summed E-state index contributed by atoms with van der Waals surface area (Å²) in [6.45, 7) is 9.03. The van der Waals surface area contributed by atoms with E-state index in [0.717, 1.165) is 45.1 Å². The van der Waals surface area contributed by atoms with Gasteiger partial charge in [0.2, 0.25) is 0 Å². The van der Waals surface area contributed by atoms with E-state index in [1.165, 1.54) is 12.8 Å². The molecule has 19 heavy (non-hydrogen) atoms. The number of ether oxygens (including phenoxy) is 2. The maximum absolute atomic E-state index is 9.74. The van der Waals surface area contributed by atoms with E-state index in [4.69, 9.17) is 9.47 Å². The van der Waals surface area contributed by atoms with Crippen molar-refractivity contribution in [2.24, 2.45) is 11.8 Å². The minimum absolute atomic E-state index is 0.390. The Bertz CT molecular complexity index is 206. The topological polar surface area (TPSA) is 50.7 Å². The minimum atomic E-state index is -0.390. The Hall–Kier alpha value is -0.160. The highest BCUT2D eigenvalue weighted by Crippen LogP contribution is 2.15. The van der Waals surface area contributed by atoms with E-state index in [0.29, 0.717) is 19.1 Å². The molecule has 0 radical (unpaired) electrons. The van der Waals surface area contributed by atoms with Crippen LogP contribution in [0, 0.1) is 11.8 Å². The highest BCUT2D eigenvalue weighted by atomic mass is 16.5. The van der Waals surface area contributed by atoms with Gasteiger partial charge < -0.3 is 19.9 Å². The maximum atomic E-state index is 9.74. The molecule has 0 aromatic carbocycles. The summed E-state index contributed by atoms with van der Waals surface area (Å²) in [4.78, 5) is 0. The fourth-order valence-electron chi connectivity index (χ4n) is 2.26. The molecule has 0 bridgehead atoms. The number of rotatable bonds is 11. The van der Waals surface area contributed by atoms with Crippen LogP contribution in [-0.2, 0) is 9.47 Å². The van der Waals surface area contributed by atoms with Gasteiger partial charge in [-0.15, -0.1) is 0 Å². The second kappa shape index (κ2) is 10.6. The first-order valence-corrected chi connectivity index (χ1v) is 7.72. The lowest BCUT2D eigenvalue weighted by atomic mass is 10.1. The van der Waals surface area contributed by atoms with Gasteiger partial charge in [0.15, 0.2) is 0 Å². The van der Waals surface area contributed by atoms with Crippen molar-refractivity contribution in [3.05, 3.63) is 0 Å². The molecule has 1 heterocycles. The zero-order valence-corrected chi connectivity index (χ0v) is 12.6. The van der Waals surface area contributed by atoms with E-state index in [1.807, 2.05) is 0 Å². The summed E-state index contributed by atoms with van der Waals surface area (Å²) in [5, 5.41) is 13.0. The highest BCUT2D eigenvalue weighted by Gasteiger charge is 2.14. The molecule has 4 nitrogen and oxygen atoms in total. The molecule has 0 aromatic heterocycles. The first-order chi connectivity index (χ1) is 9.18. The molecule has 114 valence electrons. The fourth-order valence-corrected chi connectivity index (χ4v) is 2.26. The fraction of sp³-hybridized carbons (Fsp3) is 1.00. The van der Waals surface area contributed by atoms with Gasteiger partial charge in [-0.3, -0.25) is 0 Å². The van der Waals surface area contributed by atoms with Crippen molar-refractivity contribution in [1.29, 1.82) is 0 Å². The van der Waals surface area contributed by atoms with Crippen LogP contribution in [0.25, 0.3) is 0 Å². The number of nitrogens with one attached hydrogen (secondary N) is 1. The standard InChI is InChI=1S/C15H31NO3/c1-13(2)4-3-8-18-12-15(17)10-16-7-5-14-6-9-19-11-14/h13-17H,3-12H2,1-2H3. The summed E-state index contributed by atoms with van der Waals surface area (Å²) < 4.78 is 10.8. The highest BCUT2D eigenvalue weighted by molar-refractivity contribution is 4.66. The Balaban J connectivity index is 1.83. The van der Waals surface area contributed by atoms with Crippen molar-refractivity contribution in [3.8, 4) is 0 Å². The van der Waals surface area contributed by atoms with Crippen LogP contribution in [0.2, 0.25) is 0 Å². The van der Waals surface area contributed by atoms with Crippen LogP contribution in [0.15, 0.2) is 0 Å². The van der Waals surface area contributed by atoms with Gasteiger partial charge in [0.1, 0.15) is 0 Å². The van der Waals surface area contributed by atoms with Gasteiger partial charge in [0, 0.05) is 26.4 Å². The molecule has 0 amide bonds. The molecule has 0 aromatic rings. The predicted molar refractivity (Wildman–Crippen MR) is 77.3 cm³/mol. The smallest absolute Gasteiger partial charge is 0.0897 e. The van der Waals surface area contributed by atoms with E-state index in [-0.39, 0.29) is 6.10 Å². The van der Waals surface area contributed by atoms with Crippen molar-refractivity contribution in [2.75, 3.05) is 39.5 Å². The van der Waals surface area contributed by atoms with E-state index in [2.05, 4.69) is 19.2 Å². The average Bonchev–Trinajstić information content (AvgIpc) is 2.87. The normalized spacial score (nSPS) is 21.2. The van der Waals surface area contributed by atoms with Gasteiger partial charge in [-0.2, -0.15) is 0 Å². The molecular formula is C15H31NO3. The third-order valence-electron chi connectivity index (χ3n) is 3.51.